The number of rotatable bonds is 8. The summed E-state index contributed by atoms with van der Waals surface area (Å²) in [7, 11) is 9.47. The second-order valence-electron chi connectivity index (χ2n) is 8.82. The van der Waals surface area contributed by atoms with Gasteiger partial charge in [0.25, 0.3) is 0 Å². The van der Waals surface area contributed by atoms with E-state index in [-0.39, 0.29) is 12.1 Å². The minimum atomic E-state index is -0.0941. The van der Waals surface area contributed by atoms with Crippen LogP contribution in [0.1, 0.15) is 90.6 Å². The van der Waals surface area contributed by atoms with E-state index >= 15 is 0 Å². The first kappa shape index (κ1) is 28.4. The third kappa shape index (κ3) is 8.36. The number of hydrogen-bond acceptors (Lipinski definition) is 2. The van der Waals surface area contributed by atoms with Crippen LogP contribution < -0.4 is 11.5 Å². The van der Waals surface area contributed by atoms with E-state index in [1.807, 2.05) is 0 Å². The first-order valence-corrected chi connectivity index (χ1v) is 13.6. The van der Waals surface area contributed by atoms with Gasteiger partial charge in [0.05, 0.1) is 0 Å². The zero-order valence-electron chi connectivity index (χ0n) is 19.8. The van der Waals surface area contributed by atoms with Gasteiger partial charge in [-0.15, -0.1) is 13.1 Å². The summed E-state index contributed by atoms with van der Waals surface area (Å²) in [6.45, 7) is 16.5. The van der Waals surface area contributed by atoms with E-state index in [0.717, 1.165) is 0 Å². The third-order valence-electron chi connectivity index (χ3n) is 5.55. The van der Waals surface area contributed by atoms with Gasteiger partial charge in [-0.2, -0.15) is 0 Å². The van der Waals surface area contributed by atoms with E-state index in [0.29, 0.717) is 37.8 Å². The fourth-order valence-electron chi connectivity index (χ4n) is 4.35. The molecule has 0 saturated heterocycles. The maximum absolute atomic E-state index is 6.64. The SMILES string of the molecule is Cc1cc(C)c(C(N)C[N-]CC(N)c2c(C(C)C)cccc2C(C)C)c(C)c1.[Cl][Co+][Cl]. The summed E-state index contributed by atoms with van der Waals surface area (Å²) < 4.78 is 0. The van der Waals surface area contributed by atoms with Gasteiger partial charge < -0.3 is 16.8 Å². The van der Waals surface area contributed by atoms with Gasteiger partial charge in [-0.25, -0.2) is 0 Å². The molecule has 2 rings (SSSR count). The second kappa shape index (κ2) is 13.8. The minimum absolute atomic E-state index is 0.0855. The maximum atomic E-state index is 6.64. The Morgan fingerprint density at radius 1 is 0.806 bits per heavy atom. The van der Waals surface area contributed by atoms with E-state index in [1.54, 1.807) is 0 Å². The summed E-state index contributed by atoms with van der Waals surface area (Å²) in [5.74, 6) is 0.889. The Morgan fingerprint density at radius 2 is 1.19 bits per heavy atom. The van der Waals surface area contributed by atoms with Crippen molar-refractivity contribution in [2.75, 3.05) is 13.1 Å². The van der Waals surface area contributed by atoms with E-state index in [1.165, 1.54) is 38.9 Å². The summed E-state index contributed by atoms with van der Waals surface area (Å²) in [5, 5.41) is 4.78. The predicted octanol–water partition coefficient (Wildman–Crippen LogP) is 7.31. The van der Waals surface area contributed by atoms with Crippen LogP contribution in [0.3, 0.4) is 0 Å². The third-order valence-corrected chi connectivity index (χ3v) is 5.55. The molecule has 2 unspecified atom stereocenters. The fourth-order valence-corrected chi connectivity index (χ4v) is 4.35. The van der Waals surface area contributed by atoms with Crippen LogP contribution in [0.5, 0.6) is 0 Å². The normalized spacial score (nSPS) is 13.3. The van der Waals surface area contributed by atoms with Gasteiger partial charge in [-0.3, -0.25) is 0 Å². The van der Waals surface area contributed by atoms with Crippen molar-refractivity contribution in [3.63, 3.8) is 0 Å². The molecule has 0 aromatic heterocycles. The Labute approximate surface area is 204 Å². The van der Waals surface area contributed by atoms with Crippen LogP contribution in [-0.4, -0.2) is 13.1 Å². The van der Waals surface area contributed by atoms with Crippen molar-refractivity contribution in [3.05, 3.63) is 74.6 Å². The standard InChI is InChI=1S/C25H38N3.2ClH.Co/c1-15(2)20-9-8-10-21(16(3)4)25(20)23(27)14-28-13-22(26)24-18(6)11-17(5)12-19(24)7;;;/h8-12,15-16,22-23H,13-14,26-27H2,1-7H3;2*1H;/q-1;;;+3/p-2. The molecule has 0 aliphatic carbocycles. The Kier molecular flexibility index (Phi) is 12.7. The van der Waals surface area contributed by atoms with Crippen molar-refractivity contribution in [2.45, 2.75) is 72.4 Å². The summed E-state index contributed by atoms with van der Waals surface area (Å²) in [5.41, 5.74) is 22.1. The molecule has 0 aliphatic rings. The van der Waals surface area contributed by atoms with Crippen molar-refractivity contribution < 1.29 is 12.9 Å². The predicted molar refractivity (Wildman–Crippen MR) is 134 cm³/mol. The van der Waals surface area contributed by atoms with Crippen LogP contribution in [0.15, 0.2) is 30.3 Å². The molecule has 2 atom stereocenters. The number of halogens is 2. The second-order valence-corrected chi connectivity index (χ2v) is 10.5. The van der Waals surface area contributed by atoms with Crippen molar-refractivity contribution in [2.24, 2.45) is 11.5 Å². The molecule has 0 heterocycles. The molecule has 0 amide bonds. The quantitative estimate of drug-likeness (QED) is 0.391. The zero-order valence-corrected chi connectivity index (χ0v) is 22.4. The molecule has 2 aromatic carbocycles. The van der Waals surface area contributed by atoms with E-state index in [9.17, 15) is 0 Å². The molecule has 6 heteroatoms. The number of hydrogen-bond donors (Lipinski definition) is 2. The molecule has 0 saturated carbocycles. The summed E-state index contributed by atoms with van der Waals surface area (Å²) in [6.07, 6.45) is 0. The zero-order chi connectivity index (χ0) is 23.7. The first-order chi connectivity index (χ1) is 14.5. The van der Waals surface area contributed by atoms with Crippen LogP contribution in [0.4, 0.5) is 0 Å². The average Bonchev–Trinajstić information content (AvgIpc) is 2.66. The van der Waals surface area contributed by atoms with Crippen LogP contribution in [0, 0.1) is 20.8 Å². The Hall–Kier alpha value is -0.594. The van der Waals surface area contributed by atoms with Crippen molar-refractivity contribution in [1.29, 1.82) is 0 Å². The van der Waals surface area contributed by atoms with Crippen LogP contribution in [-0.2, 0) is 12.9 Å². The van der Waals surface area contributed by atoms with Gasteiger partial charge in [0.1, 0.15) is 0 Å². The molecule has 0 radical (unpaired) electrons. The van der Waals surface area contributed by atoms with Gasteiger partial charge in [-0.05, 0) is 66.0 Å². The Morgan fingerprint density at radius 3 is 1.58 bits per heavy atom. The van der Waals surface area contributed by atoms with Gasteiger partial charge in [0.2, 0.25) is 0 Å². The molecule has 0 spiro atoms. The molecular formula is C25H38Cl2CoN3. The monoisotopic (exact) mass is 509 g/mol. The Balaban J connectivity index is 0.00000151. The number of nitrogens with zero attached hydrogens (tertiary/aromatic N) is 1. The van der Waals surface area contributed by atoms with Crippen LogP contribution >= 0.6 is 20.3 Å². The van der Waals surface area contributed by atoms with E-state index in [4.69, 9.17) is 37.1 Å². The molecule has 176 valence electrons. The average molecular weight is 510 g/mol. The number of nitrogens with two attached hydrogens (primary N) is 2. The first-order valence-electron chi connectivity index (χ1n) is 10.7. The van der Waals surface area contributed by atoms with Gasteiger partial charge >= 0.3 is 33.2 Å². The van der Waals surface area contributed by atoms with Crippen LogP contribution in [0.2, 0.25) is 0 Å². The molecule has 3 nitrogen and oxygen atoms in total. The van der Waals surface area contributed by atoms with Crippen molar-refractivity contribution in [1.82, 2.24) is 0 Å². The molecular weight excluding hydrogens is 472 g/mol. The van der Waals surface area contributed by atoms with E-state index < -0.39 is 0 Å². The molecule has 0 bridgehead atoms. The van der Waals surface area contributed by atoms with Crippen LogP contribution in [0.25, 0.3) is 5.32 Å². The topological polar surface area (TPSA) is 66.1 Å². The number of benzene rings is 2. The fraction of sp³-hybridized carbons (Fsp3) is 0.520. The number of aryl methyl sites for hydroxylation is 3. The summed E-state index contributed by atoms with van der Waals surface area (Å²) in [4.78, 5) is 0. The molecule has 2 aromatic rings. The van der Waals surface area contributed by atoms with Crippen molar-refractivity contribution in [3.8, 4) is 0 Å². The van der Waals surface area contributed by atoms with Crippen molar-refractivity contribution >= 4 is 20.3 Å². The molecule has 0 aliphatic heterocycles. The molecule has 4 N–H and O–H groups in total. The van der Waals surface area contributed by atoms with Gasteiger partial charge in [-0.1, -0.05) is 63.6 Å². The molecule has 0 fully saturated rings. The van der Waals surface area contributed by atoms with Gasteiger partial charge in [0, 0.05) is 12.1 Å². The summed E-state index contributed by atoms with van der Waals surface area (Å²) in [6, 6.07) is 10.8. The summed E-state index contributed by atoms with van der Waals surface area (Å²) >= 11 is 0.382. The van der Waals surface area contributed by atoms with Gasteiger partial charge in [0.15, 0.2) is 0 Å². The Bertz CT molecular complexity index is 775. The van der Waals surface area contributed by atoms with E-state index in [2.05, 4.69) is 78.8 Å². The molecule has 31 heavy (non-hydrogen) atoms.